The number of rotatable bonds is 4. The number of thiazole rings is 1. The fraction of sp³-hybridized carbons (Fsp3) is 0.167. The van der Waals surface area contributed by atoms with Gasteiger partial charge in [-0.3, -0.25) is 4.79 Å². The smallest absolute Gasteiger partial charge is 0.178 e. The maximum Gasteiger partial charge on any atom is 0.178 e. The van der Waals surface area contributed by atoms with E-state index in [9.17, 15) is 4.79 Å². The molecule has 0 aliphatic rings. The summed E-state index contributed by atoms with van der Waals surface area (Å²) in [5.74, 6) is 0.776. The highest BCUT2D eigenvalue weighted by Gasteiger charge is 2.10. The van der Waals surface area contributed by atoms with Crippen LogP contribution in [0.3, 0.4) is 0 Å². The van der Waals surface area contributed by atoms with Gasteiger partial charge >= 0.3 is 0 Å². The first kappa shape index (κ1) is 12.3. The molecule has 0 aliphatic heterocycles. The molecule has 0 fully saturated rings. The highest BCUT2D eigenvalue weighted by molar-refractivity contribution is 9.10. The number of hydrogen-bond donors (Lipinski definition) is 0. The van der Waals surface area contributed by atoms with Gasteiger partial charge in [-0.25, -0.2) is 4.98 Å². The molecule has 0 unspecified atom stereocenters. The first-order valence-corrected chi connectivity index (χ1v) is 6.75. The molecule has 0 spiro atoms. The van der Waals surface area contributed by atoms with Crippen LogP contribution in [0.1, 0.15) is 16.7 Å². The van der Waals surface area contributed by atoms with Crippen molar-refractivity contribution in [2.75, 3.05) is 6.61 Å². The van der Waals surface area contributed by atoms with Crippen molar-refractivity contribution in [3.05, 3.63) is 33.1 Å². The zero-order chi connectivity index (χ0) is 12.3. The molecular weight excluding hydrogens is 302 g/mol. The van der Waals surface area contributed by atoms with Crippen LogP contribution in [0.5, 0.6) is 5.75 Å². The number of nitrogens with zero attached hydrogens (tertiary/aromatic N) is 1. The maximum atomic E-state index is 10.6. The van der Waals surface area contributed by atoms with Crippen molar-refractivity contribution in [3.63, 3.8) is 0 Å². The Morgan fingerprint density at radius 3 is 3.00 bits per heavy atom. The summed E-state index contributed by atoms with van der Waals surface area (Å²) >= 11 is 4.75. The molecule has 2 aromatic rings. The summed E-state index contributed by atoms with van der Waals surface area (Å²) in [4.78, 5) is 14.9. The van der Waals surface area contributed by atoms with E-state index in [0.717, 1.165) is 27.8 Å². The standard InChI is InChI=1S/C12H10BrNO2S/c1-2-16-11-4-3-8(13)5-9(11)10-7-17-12(6-15)14-10/h3-7H,2H2,1H3. The fourth-order valence-corrected chi connectivity index (χ4v) is 2.43. The normalized spacial score (nSPS) is 10.2. The number of ether oxygens (including phenoxy) is 1. The van der Waals surface area contributed by atoms with Crippen molar-refractivity contribution in [2.45, 2.75) is 6.92 Å². The van der Waals surface area contributed by atoms with E-state index in [0.29, 0.717) is 11.6 Å². The SMILES string of the molecule is CCOc1ccc(Br)cc1-c1csc(C=O)n1. The van der Waals surface area contributed by atoms with Crippen LogP contribution in [0.25, 0.3) is 11.3 Å². The molecule has 1 aromatic carbocycles. The molecule has 0 atom stereocenters. The van der Waals surface area contributed by atoms with Crippen molar-refractivity contribution in [3.8, 4) is 17.0 Å². The highest BCUT2D eigenvalue weighted by atomic mass is 79.9. The van der Waals surface area contributed by atoms with Crippen LogP contribution < -0.4 is 4.74 Å². The molecule has 0 saturated heterocycles. The number of aromatic nitrogens is 1. The Bertz CT molecular complexity index is 539. The second kappa shape index (κ2) is 5.42. The van der Waals surface area contributed by atoms with Crippen LogP contribution in [0, 0.1) is 0 Å². The molecule has 1 aromatic heterocycles. The summed E-state index contributed by atoms with van der Waals surface area (Å²) in [7, 11) is 0. The Morgan fingerprint density at radius 2 is 2.35 bits per heavy atom. The summed E-state index contributed by atoms with van der Waals surface area (Å²) in [5, 5.41) is 2.33. The fourth-order valence-electron chi connectivity index (χ4n) is 1.45. The Hall–Kier alpha value is -1.20. The van der Waals surface area contributed by atoms with Crippen LogP contribution in [0.15, 0.2) is 28.1 Å². The van der Waals surface area contributed by atoms with Gasteiger partial charge in [0.05, 0.1) is 12.3 Å². The van der Waals surface area contributed by atoms with Crippen molar-refractivity contribution >= 4 is 33.6 Å². The molecule has 88 valence electrons. The molecule has 3 nitrogen and oxygen atoms in total. The van der Waals surface area contributed by atoms with Gasteiger partial charge in [-0.2, -0.15) is 0 Å². The second-order valence-electron chi connectivity index (χ2n) is 3.26. The molecule has 5 heteroatoms. The first-order chi connectivity index (χ1) is 8.24. The van der Waals surface area contributed by atoms with Gasteiger partial charge in [0.15, 0.2) is 11.3 Å². The molecule has 1 heterocycles. The van der Waals surface area contributed by atoms with Gasteiger partial charge in [0.1, 0.15) is 5.75 Å². The van der Waals surface area contributed by atoms with E-state index in [2.05, 4.69) is 20.9 Å². The third kappa shape index (κ3) is 2.73. The summed E-state index contributed by atoms with van der Waals surface area (Å²) < 4.78 is 6.50. The average molecular weight is 312 g/mol. The Kier molecular flexibility index (Phi) is 3.91. The lowest BCUT2D eigenvalue weighted by atomic mass is 10.1. The molecule has 0 N–H and O–H groups in total. The van der Waals surface area contributed by atoms with Crippen molar-refractivity contribution in [2.24, 2.45) is 0 Å². The predicted octanol–water partition coefficient (Wildman–Crippen LogP) is 3.78. The topological polar surface area (TPSA) is 39.2 Å². The quantitative estimate of drug-likeness (QED) is 0.807. The predicted molar refractivity (Wildman–Crippen MR) is 71.8 cm³/mol. The molecule has 0 aliphatic carbocycles. The Labute approximate surface area is 112 Å². The average Bonchev–Trinajstić information content (AvgIpc) is 2.80. The Morgan fingerprint density at radius 1 is 1.53 bits per heavy atom. The lowest BCUT2D eigenvalue weighted by molar-refractivity contribution is 0.112. The molecule has 0 saturated carbocycles. The second-order valence-corrected chi connectivity index (χ2v) is 5.07. The van der Waals surface area contributed by atoms with Gasteiger partial charge in [0.25, 0.3) is 0 Å². The molecule has 17 heavy (non-hydrogen) atoms. The number of hydrogen-bond acceptors (Lipinski definition) is 4. The third-order valence-electron chi connectivity index (χ3n) is 2.14. The number of halogens is 1. The van der Waals surface area contributed by atoms with Gasteiger partial charge in [-0.1, -0.05) is 15.9 Å². The molecule has 0 radical (unpaired) electrons. The van der Waals surface area contributed by atoms with Crippen molar-refractivity contribution < 1.29 is 9.53 Å². The molecule has 0 bridgehead atoms. The van der Waals surface area contributed by atoms with Crippen LogP contribution in [-0.4, -0.2) is 17.9 Å². The minimum Gasteiger partial charge on any atom is -0.493 e. The summed E-state index contributed by atoms with van der Waals surface area (Å²) in [6.45, 7) is 2.53. The van der Waals surface area contributed by atoms with E-state index in [1.165, 1.54) is 11.3 Å². The maximum absolute atomic E-state index is 10.6. The molecular formula is C12H10BrNO2S. The number of carbonyl (C=O) groups excluding carboxylic acids is 1. The largest absolute Gasteiger partial charge is 0.493 e. The zero-order valence-electron chi connectivity index (χ0n) is 9.14. The van der Waals surface area contributed by atoms with E-state index in [1.807, 2.05) is 30.5 Å². The summed E-state index contributed by atoms with van der Waals surface area (Å²) in [6.07, 6.45) is 0.756. The summed E-state index contributed by atoms with van der Waals surface area (Å²) in [5.41, 5.74) is 1.66. The zero-order valence-corrected chi connectivity index (χ0v) is 11.5. The number of benzene rings is 1. The van der Waals surface area contributed by atoms with E-state index in [-0.39, 0.29) is 0 Å². The van der Waals surface area contributed by atoms with Crippen LogP contribution in [0.4, 0.5) is 0 Å². The number of aldehydes is 1. The minimum absolute atomic E-state index is 0.474. The minimum atomic E-state index is 0.474. The molecule has 2 rings (SSSR count). The van der Waals surface area contributed by atoms with Crippen LogP contribution >= 0.6 is 27.3 Å². The van der Waals surface area contributed by atoms with E-state index < -0.39 is 0 Å². The monoisotopic (exact) mass is 311 g/mol. The van der Waals surface area contributed by atoms with Crippen molar-refractivity contribution in [1.29, 1.82) is 0 Å². The molecule has 0 amide bonds. The van der Waals surface area contributed by atoms with E-state index in [1.54, 1.807) is 0 Å². The summed E-state index contributed by atoms with van der Waals surface area (Å²) in [6, 6.07) is 5.75. The highest BCUT2D eigenvalue weighted by Crippen LogP contribution is 2.33. The van der Waals surface area contributed by atoms with Gasteiger partial charge in [0.2, 0.25) is 0 Å². The van der Waals surface area contributed by atoms with Gasteiger partial charge in [-0.05, 0) is 25.1 Å². The van der Waals surface area contributed by atoms with Gasteiger partial charge in [-0.15, -0.1) is 11.3 Å². The number of carbonyl (C=O) groups is 1. The van der Waals surface area contributed by atoms with Crippen molar-refractivity contribution in [1.82, 2.24) is 4.98 Å². The van der Waals surface area contributed by atoms with Gasteiger partial charge < -0.3 is 4.74 Å². The van der Waals surface area contributed by atoms with E-state index in [4.69, 9.17) is 4.74 Å². The Balaban J connectivity index is 2.48. The van der Waals surface area contributed by atoms with Crippen LogP contribution in [0.2, 0.25) is 0 Å². The lowest BCUT2D eigenvalue weighted by Gasteiger charge is -2.08. The third-order valence-corrected chi connectivity index (χ3v) is 3.40. The van der Waals surface area contributed by atoms with Gasteiger partial charge in [0, 0.05) is 15.4 Å². The van der Waals surface area contributed by atoms with Crippen LogP contribution in [-0.2, 0) is 0 Å². The lowest BCUT2D eigenvalue weighted by Crippen LogP contribution is -1.94. The first-order valence-electron chi connectivity index (χ1n) is 5.08. The van der Waals surface area contributed by atoms with E-state index >= 15 is 0 Å².